The average molecular weight is 299 g/mol. The normalized spacial score (nSPS) is 16.4. The van der Waals surface area contributed by atoms with E-state index < -0.39 is 0 Å². The molecule has 20 heavy (non-hydrogen) atoms. The van der Waals surface area contributed by atoms with E-state index in [2.05, 4.69) is 57.0 Å². The van der Waals surface area contributed by atoms with E-state index >= 15 is 0 Å². The molecule has 0 radical (unpaired) electrons. The molecule has 3 unspecified atom stereocenters. The van der Waals surface area contributed by atoms with Gasteiger partial charge in [-0.1, -0.05) is 39.8 Å². The highest BCUT2D eigenvalue weighted by molar-refractivity contribution is 7.99. The van der Waals surface area contributed by atoms with E-state index in [-0.39, 0.29) is 5.92 Å². The highest BCUT2D eigenvalue weighted by Crippen LogP contribution is 2.27. The SMILES string of the molecule is CCNC(C)C(c1nc(CSC(C)CC)no1)C(C)C. The number of nitrogens with zero attached hydrogens (tertiary/aromatic N) is 2. The van der Waals surface area contributed by atoms with Crippen LogP contribution >= 0.6 is 11.8 Å². The summed E-state index contributed by atoms with van der Waals surface area (Å²) in [4.78, 5) is 4.60. The predicted molar refractivity (Wildman–Crippen MR) is 86.1 cm³/mol. The van der Waals surface area contributed by atoms with Gasteiger partial charge in [-0.25, -0.2) is 0 Å². The molecule has 0 saturated heterocycles. The molecule has 0 aliphatic heterocycles. The first-order valence-electron chi connectivity index (χ1n) is 7.66. The quantitative estimate of drug-likeness (QED) is 0.751. The molecule has 0 spiro atoms. The van der Waals surface area contributed by atoms with Crippen molar-refractivity contribution in [1.82, 2.24) is 15.5 Å². The Morgan fingerprint density at radius 2 is 1.90 bits per heavy atom. The van der Waals surface area contributed by atoms with Crippen molar-refractivity contribution in [3.05, 3.63) is 11.7 Å². The van der Waals surface area contributed by atoms with Crippen molar-refractivity contribution in [3.63, 3.8) is 0 Å². The molecule has 1 rings (SSSR count). The molecule has 0 aliphatic rings. The summed E-state index contributed by atoms with van der Waals surface area (Å²) in [7, 11) is 0. The number of rotatable bonds is 9. The van der Waals surface area contributed by atoms with Crippen molar-refractivity contribution < 1.29 is 4.52 Å². The Morgan fingerprint density at radius 3 is 2.45 bits per heavy atom. The van der Waals surface area contributed by atoms with Crippen LogP contribution in [0.25, 0.3) is 0 Å². The van der Waals surface area contributed by atoms with Crippen LogP contribution in [0, 0.1) is 5.92 Å². The van der Waals surface area contributed by atoms with Gasteiger partial charge >= 0.3 is 0 Å². The van der Waals surface area contributed by atoms with Crippen LogP contribution in [-0.2, 0) is 5.75 Å². The Kier molecular flexibility index (Phi) is 7.59. The topological polar surface area (TPSA) is 51.0 Å². The van der Waals surface area contributed by atoms with Crippen molar-refractivity contribution in [2.45, 2.75) is 70.9 Å². The van der Waals surface area contributed by atoms with Crippen molar-refractivity contribution in [3.8, 4) is 0 Å². The third kappa shape index (κ3) is 5.09. The summed E-state index contributed by atoms with van der Waals surface area (Å²) in [6.07, 6.45) is 1.17. The molecular weight excluding hydrogens is 270 g/mol. The summed E-state index contributed by atoms with van der Waals surface area (Å²) in [6, 6.07) is 0.343. The molecular formula is C15H29N3OS. The number of likely N-dealkylation sites (N-methyl/N-ethyl adjacent to an activating group) is 1. The van der Waals surface area contributed by atoms with Crippen LogP contribution < -0.4 is 5.32 Å². The Bertz CT molecular complexity index is 381. The molecule has 0 bridgehead atoms. The van der Waals surface area contributed by atoms with Gasteiger partial charge in [-0.2, -0.15) is 16.7 Å². The molecule has 1 heterocycles. The average Bonchev–Trinajstić information content (AvgIpc) is 2.84. The first kappa shape index (κ1) is 17.5. The molecule has 4 nitrogen and oxygen atoms in total. The molecule has 0 aromatic carbocycles. The van der Waals surface area contributed by atoms with E-state index in [4.69, 9.17) is 4.52 Å². The largest absolute Gasteiger partial charge is 0.339 e. The van der Waals surface area contributed by atoms with E-state index in [1.807, 2.05) is 11.8 Å². The minimum Gasteiger partial charge on any atom is -0.339 e. The maximum atomic E-state index is 5.51. The number of nitrogens with one attached hydrogen (secondary N) is 1. The van der Waals surface area contributed by atoms with Crippen LogP contribution in [0.1, 0.15) is 65.6 Å². The monoisotopic (exact) mass is 299 g/mol. The number of thioether (sulfide) groups is 1. The zero-order valence-corrected chi connectivity index (χ0v) is 14.5. The summed E-state index contributed by atoms with van der Waals surface area (Å²) in [5.41, 5.74) is 0. The summed E-state index contributed by atoms with van der Waals surface area (Å²) >= 11 is 1.88. The van der Waals surface area contributed by atoms with Gasteiger partial charge in [-0.15, -0.1) is 0 Å². The fourth-order valence-corrected chi connectivity index (χ4v) is 3.11. The second-order valence-corrected chi connectivity index (χ2v) is 7.12. The second kappa shape index (κ2) is 8.67. The number of aromatic nitrogens is 2. The molecule has 1 aromatic rings. The molecule has 0 saturated carbocycles. The lowest BCUT2D eigenvalue weighted by atomic mass is 9.89. The Hall–Kier alpha value is -0.550. The Morgan fingerprint density at radius 1 is 1.20 bits per heavy atom. The van der Waals surface area contributed by atoms with Crippen molar-refractivity contribution in [2.75, 3.05) is 6.54 Å². The summed E-state index contributed by atoms with van der Waals surface area (Å²) in [6.45, 7) is 14.1. The van der Waals surface area contributed by atoms with Crippen LogP contribution in [0.4, 0.5) is 0 Å². The van der Waals surface area contributed by atoms with Crippen LogP contribution in [0.5, 0.6) is 0 Å². The molecule has 5 heteroatoms. The number of hydrogen-bond donors (Lipinski definition) is 1. The van der Waals surface area contributed by atoms with Gasteiger partial charge in [0.05, 0.1) is 11.7 Å². The summed E-state index contributed by atoms with van der Waals surface area (Å²) in [5, 5.41) is 8.23. The van der Waals surface area contributed by atoms with E-state index in [9.17, 15) is 0 Å². The zero-order chi connectivity index (χ0) is 15.1. The van der Waals surface area contributed by atoms with Crippen molar-refractivity contribution in [2.24, 2.45) is 5.92 Å². The lowest BCUT2D eigenvalue weighted by Crippen LogP contribution is -2.34. The van der Waals surface area contributed by atoms with Gasteiger partial charge in [0.15, 0.2) is 5.82 Å². The standard InChI is InChI=1S/C15H29N3OS/c1-7-11(5)20-9-13-17-15(19-18-13)14(10(3)4)12(6)16-8-2/h10-12,14,16H,7-9H2,1-6H3. The van der Waals surface area contributed by atoms with E-state index in [0.717, 1.165) is 24.0 Å². The second-order valence-electron chi connectivity index (χ2n) is 5.69. The molecule has 0 amide bonds. The zero-order valence-electron chi connectivity index (χ0n) is 13.6. The molecule has 0 aliphatic carbocycles. The first-order chi connectivity index (χ1) is 9.49. The lowest BCUT2D eigenvalue weighted by Gasteiger charge is -2.24. The van der Waals surface area contributed by atoms with Gasteiger partial charge in [0.1, 0.15) is 0 Å². The van der Waals surface area contributed by atoms with Gasteiger partial charge < -0.3 is 9.84 Å². The third-order valence-electron chi connectivity index (χ3n) is 3.62. The predicted octanol–water partition coefficient (Wildman–Crippen LogP) is 3.84. The fraction of sp³-hybridized carbons (Fsp3) is 0.867. The van der Waals surface area contributed by atoms with Gasteiger partial charge in [0.2, 0.25) is 5.89 Å². The third-order valence-corrected chi connectivity index (χ3v) is 4.95. The minimum absolute atomic E-state index is 0.268. The first-order valence-corrected chi connectivity index (χ1v) is 8.71. The number of hydrogen-bond acceptors (Lipinski definition) is 5. The Balaban J connectivity index is 2.71. The van der Waals surface area contributed by atoms with Crippen LogP contribution in [0.15, 0.2) is 4.52 Å². The molecule has 3 atom stereocenters. The van der Waals surface area contributed by atoms with Gasteiger partial charge in [-0.3, -0.25) is 0 Å². The van der Waals surface area contributed by atoms with Crippen molar-refractivity contribution >= 4 is 11.8 Å². The van der Waals surface area contributed by atoms with E-state index in [1.165, 1.54) is 6.42 Å². The van der Waals surface area contributed by atoms with Gasteiger partial charge in [-0.05, 0) is 25.8 Å². The Labute approximate surface area is 127 Å². The van der Waals surface area contributed by atoms with Crippen LogP contribution in [-0.4, -0.2) is 28.0 Å². The maximum absolute atomic E-state index is 5.51. The van der Waals surface area contributed by atoms with E-state index in [1.54, 1.807) is 0 Å². The molecule has 116 valence electrons. The molecule has 1 N–H and O–H groups in total. The highest BCUT2D eigenvalue weighted by Gasteiger charge is 2.27. The summed E-state index contributed by atoms with van der Waals surface area (Å²) < 4.78 is 5.51. The fourth-order valence-electron chi connectivity index (χ4n) is 2.32. The van der Waals surface area contributed by atoms with Gasteiger partial charge in [0.25, 0.3) is 0 Å². The highest BCUT2D eigenvalue weighted by atomic mass is 32.2. The minimum atomic E-state index is 0.268. The maximum Gasteiger partial charge on any atom is 0.231 e. The van der Waals surface area contributed by atoms with Crippen LogP contribution in [0.2, 0.25) is 0 Å². The summed E-state index contributed by atoms with van der Waals surface area (Å²) in [5.74, 6) is 3.16. The van der Waals surface area contributed by atoms with Crippen molar-refractivity contribution in [1.29, 1.82) is 0 Å². The van der Waals surface area contributed by atoms with Crippen LogP contribution in [0.3, 0.4) is 0 Å². The van der Waals surface area contributed by atoms with Gasteiger partial charge in [0, 0.05) is 11.3 Å². The smallest absolute Gasteiger partial charge is 0.231 e. The lowest BCUT2D eigenvalue weighted by molar-refractivity contribution is 0.280. The molecule has 0 fully saturated rings. The molecule has 1 aromatic heterocycles. The van der Waals surface area contributed by atoms with E-state index in [0.29, 0.717) is 17.2 Å².